The van der Waals surface area contributed by atoms with Crippen molar-refractivity contribution in [3.63, 3.8) is 0 Å². The smallest absolute Gasteiger partial charge is 0.125 e. The van der Waals surface area contributed by atoms with Gasteiger partial charge >= 0.3 is 0 Å². The molecule has 2 nitrogen and oxygen atoms in total. The summed E-state index contributed by atoms with van der Waals surface area (Å²) in [5.41, 5.74) is 1.30. The summed E-state index contributed by atoms with van der Waals surface area (Å²) in [6, 6.07) is 4.93. The number of hydrogen-bond acceptors (Lipinski definition) is 2. The van der Waals surface area contributed by atoms with Gasteiger partial charge in [0.2, 0.25) is 0 Å². The topological polar surface area (TPSA) is 32.3 Å². The molecule has 18 heavy (non-hydrogen) atoms. The minimum Gasteiger partial charge on any atom is -0.394 e. The molecule has 2 rings (SSSR count). The van der Waals surface area contributed by atoms with Crippen LogP contribution in [0.3, 0.4) is 0 Å². The summed E-state index contributed by atoms with van der Waals surface area (Å²) >= 11 is 0. The molecule has 1 aliphatic rings. The fourth-order valence-corrected chi connectivity index (χ4v) is 2.97. The van der Waals surface area contributed by atoms with E-state index in [2.05, 4.69) is 5.32 Å². The quantitative estimate of drug-likeness (QED) is 0.858. The highest BCUT2D eigenvalue weighted by Gasteiger charge is 2.35. The van der Waals surface area contributed by atoms with E-state index < -0.39 is 0 Å². The number of benzene rings is 1. The van der Waals surface area contributed by atoms with Crippen molar-refractivity contribution in [1.82, 2.24) is 0 Å². The molecule has 1 aliphatic carbocycles. The van der Waals surface area contributed by atoms with Gasteiger partial charge in [-0.2, -0.15) is 0 Å². The average Bonchev–Trinajstić information content (AvgIpc) is 2.81. The van der Waals surface area contributed by atoms with E-state index in [4.69, 9.17) is 0 Å². The maximum Gasteiger partial charge on any atom is 0.125 e. The van der Waals surface area contributed by atoms with Gasteiger partial charge in [0.1, 0.15) is 5.82 Å². The third-order valence-corrected chi connectivity index (χ3v) is 4.06. The number of aliphatic hydroxyl groups excluding tert-OH is 1. The second-order valence-corrected chi connectivity index (χ2v) is 5.70. The number of hydrogen-bond donors (Lipinski definition) is 2. The van der Waals surface area contributed by atoms with Crippen molar-refractivity contribution in [3.8, 4) is 0 Å². The highest BCUT2D eigenvalue weighted by atomic mass is 19.1. The van der Waals surface area contributed by atoms with Gasteiger partial charge < -0.3 is 10.4 Å². The molecule has 0 heterocycles. The monoisotopic (exact) mass is 251 g/mol. The summed E-state index contributed by atoms with van der Waals surface area (Å²) < 4.78 is 13.4. The maximum atomic E-state index is 13.4. The van der Waals surface area contributed by atoms with Crippen LogP contribution in [0.25, 0.3) is 0 Å². The Kier molecular flexibility index (Phi) is 3.91. The normalized spacial score (nSPS) is 19.8. The van der Waals surface area contributed by atoms with Crippen molar-refractivity contribution in [2.24, 2.45) is 5.92 Å². The first-order valence-electron chi connectivity index (χ1n) is 6.70. The van der Waals surface area contributed by atoms with E-state index in [0.717, 1.165) is 24.1 Å². The van der Waals surface area contributed by atoms with Gasteiger partial charge in [-0.05, 0) is 56.4 Å². The van der Waals surface area contributed by atoms with E-state index in [1.807, 2.05) is 19.9 Å². The first kappa shape index (κ1) is 13.3. The number of aryl methyl sites for hydroxylation is 1. The lowest BCUT2D eigenvalue weighted by Crippen LogP contribution is -2.45. The largest absolute Gasteiger partial charge is 0.394 e. The lowest BCUT2D eigenvalue weighted by molar-refractivity contribution is 0.172. The molecule has 100 valence electrons. The van der Waals surface area contributed by atoms with Crippen molar-refractivity contribution in [3.05, 3.63) is 29.6 Å². The SMILES string of the molecule is Cc1cc(F)cc(NC(C)(CO)C2CCCC2)c1. The third-order valence-electron chi connectivity index (χ3n) is 4.06. The van der Waals surface area contributed by atoms with Gasteiger partial charge in [0.05, 0.1) is 12.1 Å². The molecule has 1 atom stereocenters. The van der Waals surface area contributed by atoms with Crippen LogP contribution < -0.4 is 5.32 Å². The Hall–Kier alpha value is -1.09. The van der Waals surface area contributed by atoms with E-state index >= 15 is 0 Å². The zero-order valence-corrected chi connectivity index (χ0v) is 11.2. The van der Waals surface area contributed by atoms with Gasteiger partial charge in [-0.15, -0.1) is 0 Å². The van der Waals surface area contributed by atoms with Crippen LogP contribution in [-0.4, -0.2) is 17.3 Å². The molecule has 1 fully saturated rings. The van der Waals surface area contributed by atoms with Crippen LogP contribution in [0.1, 0.15) is 38.2 Å². The first-order chi connectivity index (χ1) is 8.53. The number of aliphatic hydroxyl groups is 1. The van der Waals surface area contributed by atoms with Crippen molar-refractivity contribution < 1.29 is 9.50 Å². The third kappa shape index (κ3) is 2.83. The lowest BCUT2D eigenvalue weighted by Gasteiger charge is -2.36. The van der Waals surface area contributed by atoms with Crippen LogP contribution in [-0.2, 0) is 0 Å². The van der Waals surface area contributed by atoms with Gasteiger partial charge in [-0.3, -0.25) is 0 Å². The van der Waals surface area contributed by atoms with E-state index in [1.54, 1.807) is 0 Å². The van der Waals surface area contributed by atoms with Crippen LogP contribution in [0.15, 0.2) is 18.2 Å². The summed E-state index contributed by atoms with van der Waals surface area (Å²) in [5, 5.41) is 13.0. The molecule has 0 spiro atoms. The molecule has 3 heteroatoms. The molecule has 1 aromatic rings. The highest BCUT2D eigenvalue weighted by molar-refractivity contribution is 5.48. The van der Waals surface area contributed by atoms with Crippen molar-refractivity contribution in [2.45, 2.75) is 45.1 Å². The van der Waals surface area contributed by atoms with Gasteiger partial charge in [0.25, 0.3) is 0 Å². The lowest BCUT2D eigenvalue weighted by atomic mass is 9.84. The molecular formula is C15H22FNO. The summed E-state index contributed by atoms with van der Waals surface area (Å²) in [4.78, 5) is 0. The first-order valence-corrected chi connectivity index (χ1v) is 6.70. The zero-order chi connectivity index (χ0) is 13.2. The molecule has 0 saturated heterocycles. The fourth-order valence-electron chi connectivity index (χ4n) is 2.97. The Labute approximate surface area is 108 Å². The molecule has 1 unspecified atom stereocenters. The Morgan fingerprint density at radius 2 is 2.00 bits per heavy atom. The van der Waals surface area contributed by atoms with Crippen molar-refractivity contribution in [1.29, 1.82) is 0 Å². The van der Waals surface area contributed by atoms with Gasteiger partial charge in [-0.25, -0.2) is 4.39 Å². The molecule has 1 saturated carbocycles. The Morgan fingerprint density at radius 3 is 2.56 bits per heavy atom. The molecule has 0 aliphatic heterocycles. The Morgan fingerprint density at radius 1 is 1.33 bits per heavy atom. The number of nitrogens with one attached hydrogen (secondary N) is 1. The van der Waals surface area contributed by atoms with Crippen molar-refractivity contribution in [2.75, 3.05) is 11.9 Å². The maximum absolute atomic E-state index is 13.4. The second kappa shape index (κ2) is 5.27. The summed E-state index contributed by atoms with van der Waals surface area (Å²) in [6.07, 6.45) is 4.73. The summed E-state index contributed by atoms with van der Waals surface area (Å²) in [5.74, 6) is 0.232. The summed E-state index contributed by atoms with van der Waals surface area (Å²) in [6.45, 7) is 3.98. The van der Waals surface area contributed by atoms with E-state index in [0.29, 0.717) is 5.92 Å². The van der Waals surface area contributed by atoms with Gasteiger partial charge in [0, 0.05) is 5.69 Å². The number of rotatable bonds is 4. The molecule has 2 N–H and O–H groups in total. The van der Waals surface area contributed by atoms with E-state index in [-0.39, 0.29) is 18.0 Å². The average molecular weight is 251 g/mol. The minimum atomic E-state index is -0.350. The van der Waals surface area contributed by atoms with Crippen LogP contribution in [0.5, 0.6) is 0 Å². The number of anilines is 1. The van der Waals surface area contributed by atoms with E-state index in [1.165, 1.54) is 25.0 Å². The molecule has 1 aromatic carbocycles. The van der Waals surface area contributed by atoms with E-state index in [9.17, 15) is 9.50 Å². The molecule has 0 aromatic heterocycles. The number of halogens is 1. The Bertz CT molecular complexity index is 395. The highest BCUT2D eigenvalue weighted by Crippen LogP contribution is 2.36. The predicted molar refractivity (Wildman–Crippen MR) is 72.2 cm³/mol. The van der Waals surface area contributed by atoms with Crippen LogP contribution in [0.2, 0.25) is 0 Å². The molecular weight excluding hydrogens is 229 g/mol. The second-order valence-electron chi connectivity index (χ2n) is 5.70. The molecule has 0 radical (unpaired) electrons. The Balaban J connectivity index is 2.18. The van der Waals surface area contributed by atoms with Crippen LogP contribution in [0.4, 0.5) is 10.1 Å². The fraction of sp³-hybridized carbons (Fsp3) is 0.600. The molecule has 0 bridgehead atoms. The summed E-state index contributed by atoms with van der Waals surface area (Å²) in [7, 11) is 0. The van der Waals surface area contributed by atoms with Gasteiger partial charge in [-0.1, -0.05) is 12.8 Å². The predicted octanol–water partition coefficient (Wildman–Crippen LogP) is 3.49. The zero-order valence-electron chi connectivity index (χ0n) is 11.2. The van der Waals surface area contributed by atoms with Gasteiger partial charge in [0.15, 0.2) is 0 Å². The van der Waals surface area contributed by atoms with Crippen LogP contribution in [0, 0.1) is 18.7 Å². The minimum absolute atomic E-state index is 0.0766. The van der Waals surface area contributed by atoms with Crippen molar-refractivity contribution >= 4 is 5.69 Å². The molecule has 0 amide bonds. The van der Waals surface area contributed by atoms with Crippen LogP contribution >= 0.6 is 0 Å². The standard InChI is InChI=1S/C15H22FNO/c1-11-7-13(16)9-14(8-11)17-15(2,10-18)12-5-3-4-6-12/h7-9,12,17-18H,3-6,10H2,1-2H3.